The lowest BCUT2D eigenvalue weighted by molar-refractivity contribution is 0.142. The maximum absolute atomic E-state index is 3.31. The van der Waals surface area contributed by atoms with Gasteiger partial charge in [-0.3, -0.25) is 4.90 Å². The molecule has 2 aromatic carbocycles. The molecule has 0 unspecified atom stereocenters. The van der Waals surface area contributed by atoms with Crippen LogP contribution in [-0.2, 0) is 13.0 Å². The lowest BCUT2D eigenvalue weighted by Crippen LogP contribution is -2.43. The highest BCUT2D eigenvalue weighted by Gasteiger charge is 2.19. The molecule has 2 aliphatic rings. The maximum Gasteiger partial charge on any atom is 0.0251 e. The Bertz CT molecular complexity index is 751. The molecule has 1 fully saturated rings. The van der Waals surface area contributed by atoms with Crippen LogP contribution in [0.5, 0.6) is 0 Å². The van der Waals surface area contributed by atoms with Crippen LogP contribution in [0.3, 0.4) is 0 Å². The van der Waals surface area contributed by atoms with Crippen LogP contribution in [-0.4, -0.2) is 42.5 Å². The molecule has 0 bridgehead atoms. The smallest absolute Gasteiger partial charge is 0.0251 e. The molecule has 0 saturated carbocycles. The van der Waals surface area contributed by atoms with E-state index in [1.807, 2.05) is 18.2 Å². The van der Waals surface area contributed by atoms with Crippen molar-refractivity contribution in [2.75, 3.05) is 32.7 Å². The highest BCUT2D eigenvalue weighted by Crippen LogP contribution is 2.20. The second-order valence-electron chi connectivity index (χ2n) is 6.82. The average molecular weight is 316 g/mol. The summed E-state index contributed by atoms with van der Waals surface area (Å²) in [6.07, 6.45) is 2.53. The summed E-state index contributed by atoms with van der Waals surface area (Å²) in [6, 6.07) is 16.9. The summed E-state index contributed by atoms with van der Waals surface area (Å²) in [5, 5.41) is 0. The van der Waals surface area contributed by atoms with Crippen molar-refractivity contribution in [3.8, 4) is 11.8 Å². The van der Waals surface area contributed by atoms with E-state index in [4.69, 9.17) is 0 Å². The molecular formula is C22H24N2. The van der Waals surface area contributed by atoms with Crippen LogP contribution in [0, 0.1) is 11.8 Å². The van der Waals surface area contributed by atoms with Crippen LogP contribution >= 0.6 is 0 Å². The number of benzene rings is 2. The molecule has 2 aliphatic heterocycles. The first-order valence-corrected chi connectivity index (χ1v) is 9.00. The molecule has 1 saturated heterocycles. The summed E-state index contributed by atoms with van der Waals surface area (Å²) < 4.78 is 0. The number of hydrogen-bond donors (Lipinski definition) is 0. The van der Waals surface area contributed by atoms with Crippen molar-refractivity contribution >= 4 is 0 Å². The van der Waals surface area contributed by atoms with Gasteiger partial charge < -0.3 is 4.90 Å². The van der Waals surface area contributed by atoms with Gasteiger partial charge in [0.15, 0.2) is 0 Å². The van der Waals surface area contributed by atoms with Crippen LogP contribution in [0.15, 0.2) is 48.5 Å². The number of hydrogen-bond acceptors (Lipinski definition) is 2. The molecule has 2 aromatic rings. The molecule has 0 N–H and O–H groups in total. The van der Waals surface area contributed by atoms with Crippen LogP contribution in [0.1, 0.15) is 28.7 Å². The van der Waals surface area contributed by atoms with E-state index in [1.165, 1.54) is 50.3 Å². The van der Waals surface area contributed by atoms with Crippen LogP contribution < -0.4 is 0 Å². The minimum atomic E-state index is 1.08. The molecule has 2 heterocycles. The van der Waals surface area contributed by atoms with Crippen molar-refractivity contribution in [3.63, 3.8) is 0 Å². The first-order valence-electron chi connectivity index (χ1n) is 9.00. The van der Waals surface area contributed by atoms with Crippen molar-refractivity contribution in [2.24, 2.45) is 0 Å². The van der Waals surface area contributed by atoms with E-state index in [-0.39, 0.29) is 0 Å². The zero-order chi connectivity index (χ0) is 16.2. The Morgan fingerprint density at radius 3 is 2.33 bits per heavy atom. The third-order valence-electron chi connectivity index (χ3n) is 5.10. The quantitative estimate of drug-likeness (QED) is 0.803. The van der Waals surface area contributed by atoms with E-state index < -0.39 is 0 Å². The SMILES string of the molecule is C(#Cc1ccc2c(c1)CCN(CCN1CCC1)C2)c1ccccc1. The molecule has 0 amide bonds. The first kappa shape index (κ1) is 15.4. The lowest BCUT2D eigenvalue weighted by atomic mass is 9.97. The molecule has 122 valence electrons. The van der Waals surface area contributed by atoms with Crippen LogP contribution in [0.2, 0.25) is 0 Å². The van der Waals surface area contributed by atoms with E-state index in [0.29, 0.717) is 0 Å². The fraction of sp³-hybridized carbons (Fsp3) is 0.364. The van der Waals surface area contributed by atoms with Gasteiger partial charge in [0.1, 0.15) is 0 Å². The molecule has 0 spiro atoms. The molecular weight excluding hydrogens is 292 g/mol. The highest BCUT2D eigenvalue weighted by molar-refractivity contribution is 5.46. The number of rotatable bonds is 3. The molecule has 0 atom stereocenters. The summed E-state index contributed by atoms with van der Waals surface area (Å²) in [4.78, 5) is 5.15. The molecule has 0 aliphatic carbocycles. The average Bonchev–Trinajstić information content (AvgIpc) is 2.59. The van der Waals surface area contributed by atoms with Gasteiger partial charge >= 0.3 is 0 Å². The third-order valence-corrected chi connectivity index (χ3v) is 5.10. The summed E-state index contributed by atoms with van der Waals surface area (Å²) in [5.41, 5.74) is 5.17. The highest BCUT2D eigenvalue weighted by atomic mass is 15.2. The van der Waals surface area contributed by atoms with Crippen molar-refractivity contribution in [2.45, 2.75) is 19.4 Å². The predicted molar refractivity (Wildman–Crippen MR) is 98.9 cm³/mol. The van der Waals surface area contributed by atoms with Gasteiger partial charge in [-0.25, -0.2) is 0 Å². The van der Waals surface area contributed by atoms with E-state index in [1.54, 1.807) is 0 Å². The van der Waals surface area contributed by atoms with E-state index >= 15 is 0 Å². The van der Waals surface area contributed by atoms with Gasteiger partial charge in [-0.1, -0.05) is 36.1 Å². The predicted octanol–water partition coefficient (Wildman–Crippen LogP) is 3.15. The van der Waals surface area contributed by atoms with Gasteiger partial charge in [0.05, 0.1) is 0 Å². The zero-order valence-corrected chi connectivity index (χ0v) is 14.2. The van der Waals surface area contributed by atoms with Gasteiger partial charge in [0.2, 0.25) is 0 Å². The Kier molecular flexibility index (Phi) is 4.64. The Balaban J connectivity index is 1.40. The van der Waals surface area contributed by atoms with Crippen LogP contribution in [0.25, 0.3) is 0 Å². The minimum Gasteiger partial charge on any atom is -0.302 e. The normalized spacial score (nSPS) is 17.5. The molecule has 0 aromatic heterocycles. The van der Waals surface area contributed by atoms with Gasteiger partial charge in [0, 0.05) is 37.3 Å². The number of fused-ring (bicyclic) bond motifs is 1. The first-order chi connectivity index (χ1) is 11.9. The second-order valence-corrected chi connectivity index (χ2v) is 6.82. The molecule has 2 heteroatoms. The van der Waals surface area contributed by atoms with E-state index in [9.17, 15) is 0 Å². The Hall–Kier alpha value is -2.08. The number of nitrogens with zero attached hydrogens (tertiary/aromatic N) is 2. The van der Waals surface area contributed by atoms with Crippen molar-refractivity contribution < 1.29 is 0 Å². The van der Waals surface area contributed by atoms with Crippen molar-refractivity contribution in [1.29, 1.82) is 0 Å². The largest absolute Gasteiger partial charge is 0.302 e. The lowest BCUT2D eigenvalue weighted by Gasteiger charge is -2.35. The summed E-state index contributed by atoms with van der Waals surface area (Å²) >= 11 is 0. The fourth-order valence-corrected chi connectivity index (χ4v) is 3.43. The van der Waals surface area contributed by atoms with Gasteiger partial charge in [-0.2, -0.15) is 0 Å². The van der Waals surface area contributed by atoms with E-state index in [2.05, 4.69) is 52.0 Å². The summed E-state index contributed by atoms with van der Waals surface area (Å²) in [5.74, 6) is 6.56. The molecule has 0 radical (unpaired) electrons. The second kappa shape index (κ2) is 7.21. The van der Waals surface area contributed by atoms with Gasteiger partial charge in [-0.05, 0) is 61.3 Å². The monoisotopic (exact) mass is 316 g/mol. The maximum atomic E-state index is 3.31. The number of likely N-dealkylation sites (tertiary alicyclic amines) is 1. The summed E-state index contributed by atoms with van der Waals surface area (Å²) in [7, 11) is 0. The van der Waals surface area contributed by atoms with E-state index in [0.717, 1.165) is 24.1 Å². The minimum absolute atomic E-state index is 1.08. The van der Waals surface area contributed by atoms with Crippen molar-refractivity contribution in [1.82, 2.24) is 9.80 Å². The van der Waals surface area contributed by atoms with Gasteiger partial charge in [0.25, 0.3) is 0 Å². The van der Waals surface area contributed by atoms with Crippen LogP contribution in [0.4, 0.5) is 0 Å². The summed E-state index contributed by atoms with van der Waals surface area (Å²) in [6.45, 7) is 7.30. The fourth-order valence-electron chi connectivity index (χ4n) is 3.43. The standard InChI is InChI=1S/C22H24N2/c1-2-5-19(6-3-1)7-8-20-9-10-22-18-24(14-11-21(22)17-20)16-15-23-12-4-13-23/h1-3,5-6,9-10,17H,4,11-16,18H2. The molecule has 2 nitrogen and oxygen atoms in total. The topological polar surface area (TPSA) is 6.48 Å². The Labute approximate surface area is 145 Å². The van der Waals surface area contributed by atoms with Gasteiger partial charge in [-0.15, -0.1) is 0 Å². The molecule has 4 rings (SSSR count). The molecule has 24 heavy (non-hydrogen) atoms. The third kappa shape index (κ3) is 3.70. The Morgan fingerprint density at radius 2 is 1.54 bits per heavy atom. The van der Waals surface area contributed by atoms with Crippen molar-refractivity contribution in [3.05, 3.63) is 70.8 Å². The zero-order valence-electron chi connectivity index (χ0n) is 14.2. The Morgan fingerprint density at radius 1 is 0.750 bits per heavy atom.